The van der Waals surface area contributed by atoms with E-state index in [0.29, 0.717) is 6.42 Å². The second-order valence-electron chi connectivity index (χ2n) is 5.94. The highest BCUT2D eigenvalue weighted by molar-refractivity contribution is 5.75. The molecule has 2 aromatic rings. The Kier molecular flexibility index (Phi) is 4.76. The van der Waals surface area contributed by atoms with Crippen molar-refractivity contribution in [3.63, 3.8) is 0 Å². The first-order valence-electron chi connectivity index (χ1n) is 7.14. The number of carbonyl (C=O) groups excluding carboxylic acids is 1. The molecule has 0 aliphatic rings. The van der Waals surface area contributed by atoms with Gasteiger partial charge in [-0.05, 0) is 30.5 Å². The van der Waals surface area contributed by atoms with Crippen LogP contribution in [0, 0.1) is 0 Å². The van der Waals surface area contributed by atoms with E-state index in [-0.39, 0.29) is 11.4 Å². The summed E-state index contributed by atoms with van der Waals surface area (Å²) in [5, 5.41) is 3.37. The van der Waals surface area contributed by atoms with Crippen molar-refractivity contribution in [2.45, 2.75) is 32.4 Å². The summed E-state index contributed by atoms with van der Waals surface area (Å²) in [5.41, 5.74) is 8.57. The topological polar surface area (TPSA) is 55.1 Å². The molecule has 3 nitrogen and oxygen atoms in total. The first-order chi connectivity index (χ1) is 9.96. The average Bonchev–Trinajstić information content (AvgIpc) is 2.45. The van der Waals surface area contributed by atoms with E-state index in [4.69, 9.17) is 5.73 Å². The third kappa shape index (κ3) is 4.72. The fraction of sp³-hybridized carbons (Fsp3) is 0.278. The van der Waals surface area contributed by atoms with E-state index in [2.05, 4.69) is 41.7 Å². The summed E-state index contributed by atoms with van der Waals surface area (Å²) in [5.74, 6) is -0.285. The van der Waals surface area contributed by atoms with E-state index in [1.165, 1.54) is 16.7 Å². The number of hydrogen-bond acceptors (Lipinski definition) is 2. The lowest BCUT2D eigenvalue weighted by atomic mass is 9.99. The van der Waals surface area contributed by atoms with Crippen LogP contribution in [0.3, 0.4) is 0 Å². The van der Waals surface area contributed by atoms with Gasteiger partial charge in [-0.1, -0.05) is 54.6 Å². The Bertz CT molecular complexity index is 588. The second kappa shape index (κ2) is 6.55. The maximum atomic E-state index is 11.0. The number of hydrogen-bond donors (Lipinski definition) is 2. The Balaban J connectivity index is 1.99. The quantitative estimate of drug-likeness (QED) is 0.855. The first kappa shape index (κ1) is 15.3. The number of nitrogens with two attached hydrogens (primary N) is 1. The molecule has 0 atom stereocenters. The summed E-state index contributed by atoms with van der Waals surface area (Å²) in [7, 11) is 0. The lowest BCUT2D eigenvalue weighted by molar-refractivity contribution is -0.119. The van der Waals surface area contributed by atoms with Crippen molar-refractivity contribution in [2.75, 3.05) is 0 Å². The van der Waals surface area contributed by atoms with Crippen LogP contribution in [0.2, 0.25) is 0 Å². The summed E-state index contributed by atoms with van der Waals surface area (Å²) in [6.45, 7) is 4.68. The van der Waals surface area contributed by atoms with Crippen molar-refractivity contribution in [3.8, 4) is 11.1 Å². The Labute approximate surface area is 126 Å². The predicted octanol–water partition coefficient (Wildman–Crippen LogP) is 3.10. The van der Waals surface area contributed by atoms with Gasteiger partial charge in [-0.3, -0.25) is 4.79 Å². The zero-order chi connectivity index (χ0) is 15.3. The van der Waals surface area contributed by atoms with Crippen molar-refractivity contribution in [3.05, 3.63) is 60.2 Å². The van der Waals surface area contributed by atoms with E-state index in [0.717, 1.165) is 6.54 Å². The smallest absolute Gasteiger partial charge is 0.219 e. The molecule has 0 fully saturated rings. The molecule has 21 heavy (non-hydrogen) atoms. The SMILES string of the molecule is CC(C)(CC(N)=O)NCc1ccc(-c2ccccc2)cc1. The third-order valence-corrected chi connectivity index (χ3v) is 3.45. The molecular weight excluding hydrogens is 260 g/mol. The minimum atomic E-state index is -0.288. The minimum Gasteiger partial charge on any atom is -0.370 e. The van der Waals surface area contributed by atoms with Gasteiger partial charge in [-0.15, -0.1) is 0 Å². The van der Waals surface area contributed by atoms with Crippen molar-refractivity contribution in [2.24, 2.45) is 5.73 Å². The molecule has 3 heteroatoms. The van der Waals surface area contributed by atoms with E-state index in [9.17, 15) is 4.79 Å². The normalized spacial score (nSPS) is 11.3. The predicted molar refractivity (Wildman–Crippen MR) is 86.6 cm³/mol. The number of primary amides is 1. The fourth-order valence-corrected chi connectivity index (χ4v) is 2.29. The van der Waals surface area contributed by atoms with Crippen LogP contribution in [-0.4, -0.2) is 11.4 Å². The summed E-state index contributed by atoms with van der Waals surface area (Å²) in [4.78, 5) is 11.0. The molecule has 0 heterocycles. The third-order valence-electron chi connectivity index (χ3n) is 3.45. The molecule has 3 N–H and O–H groups in total. The van der Waals surface area contributed by atoms with Gasteiger partial charge in [0.2, 0.25) is 5.91 Å². The van der Waals surface area contributed by atoms with Gasteiger partial charge in [-0.2, -0.15) is 0 Å². The fourth-order valence-electron chi connectivity index (χ4n) is 2.29. The average molecular weight is 282 g/mol. The molecule has 0 saturated heterocycles. The largest absolute Gasteiger partial charge is 0.370 e. The van der Waals surface area contributed by atoms with Crippen molar-refractivity contribution in [1.29, 1.82) is 0 Å². The van der Waals surface area contributed by atoms with Crippen LogP contribution >= 0.6 is 0 Å². The highest BCUT2D eigenvalue weighted by Crippen LogP contribution is 2.19. The minimum absolute atomic E-state index is 0.285. The van der Waals surface area contributed by atoms with E-state index >= 15 is 0 Å². The zero-order valence-corrected chi connectivity index (χ0v) is 12.6. The van der Waals surface area contributed by atoms with Crippen molar-refractivity contribution in [1.82, 2.24) is 5.32 Å². The number of amides is 1. The van der Waals surface area contributed by atoms with Crippen LogP contribution < -0.4 is 11.1 Å². The van der Waals surface area contributed by atoms with Crippen molar-refractivity contribution < 1.29 is 4.79 Å². The highest BCUT2D eigenvalue weighted by Gasteiger charge is 2.19. The molecule has 0 spiro atoms. The summed E-state index contributed by atoms with van der Waals surface area (Å²) >= 11 is 0. The van der Waals surface area contributed by atoms with Gasteiger partial charge in [0.1, 0.15) is 0 Å². The molecule has 0 unspecified atom stereocenters. The van der Waals surface area contributed by atoms with E-state index in [1.807, 2.05) is 32.0 Å². The first-order valence-corrected chi connectivity index (χ1v) is 7.14. The standard InChI is InChI=1S/C18H22N2O/c1-18(2,12-17(19)21)20-13-14-8-10-16(11-9-14)15-6-4-3-5-7-15/h3-11,20H,12-13H2,1-2H3,(H2,19,21). The van der Waals surface area contributed by atoms with Crippen LogP contribution in [0.25, 0.3) is 11.1 Å². The van der Waals surface area contributed by atoms with Crippen LogP contribution in [0.15, 0.2) is 54.6 Å². The van der Waals surface area contributed by atoms with Gasteiger partial charge in [0, 0.05) is 18.5 Å². The second-order valence-corrected chi connectivity index (χ2v) is 5.94. The van der Waals surface area contributed by atoms with E-state index < -0.39 is 0 Å². The summed E-state index contributed by atoms with van der Waals surface area (Å²) in [6, 6.07) is 18.7. The summed E-state index contributed by atoms with van der Waals surface area (Å²) < 4.78 is 0. The molecule has 2 rings (SSSR count). The maximum absolute atomic E-state index is 11.0. The Morgan fingerprint density at radius 1 is 1.00 bits per heavy atom. The van der Waals surface area contributed by atoms with E-state index in [1.54, 1.807) is 0 Å². The van der Waals surface area contributed by atoms with Crippen LogP contribution in [-0.2, 0) is 11.3 Å². The lowest BCUT2D eigenvalue weighted by Gasteiger charge is -2.25. The zero-order valence-electron chi connectivity index (χ0n) is 12.6. The van der Waals surface area contributed by atoms with Gasteiger partial charge in [0.25, 0.3) is 0 Å². The molecule has 0 aliphatic carbocycles. The van der Waals surface area contributed by atoms with Crippen molar-refractivity contribution >= 4 is 5.91 Å². The number of carbonyl (C=O) groups is 1. The van der Waals surface area contributed by atoms with Crippen LogP contribution in [0.4, 0.5) is 0 Å². The monoisotopic (exact) mass is 282 g/mol. The molecule has 0 aromatic heterocycles. The molecule has 0 saturated carbocycles. The van der Waals surface area contributed by atoms with Gasteiger partial charge in [0.15, 0.2) is 0 Å². The van der Waals surface area contributed by atoms with Crippen LogP contribution in [0.5, 0.6) is 0 Å². The van der Waals surface area contributed by atoms with Gasteiger partial charge in [-0.25, -0.2) is 0 Å². The number of nitrogens with one attached hydrogen (secondary N) is 1. The Morgan fingerprint density at radius 3 is 2.14 bits per heavy atom. The van der Waals surface area contributed by atoms with Gasteiger partial charge in [0.05, 0.1) is 0 Å². The molecule has 110 valence electrons. The van der Waals surface area contributed by atoms with Crippen LogP contribution in [0.1, 0.15) is 25.8 Å². The van der Waals surface area contributed by atoms with Gasteiger partial charge < -0.3 is 11.1 Å². The molecule has 0 bridgehead atoms. The Hall–Kier alpha value is -2.13. The lowest BCUT2D eigenvalue weighted by Crippen LogP contribution is -2.42. The highest BCUT2D eigenvalue weighted by atomic mass is 16.1. The molecule has 0 aliphatic heterocycles. The molecule has 0 radical (unpaired) electrons. The maximum Gasteiger partial charge on any atom is 0.219 e. The van der Waals surface area contributed by atoms with Gasteiger partial charge >= 0.3 is 0 Å². The number of benzene rings is 2. The Morgan fingerprint density at radius 2 is 1.57 bits per heavy atom. The molecule has 1 amide bonds. The summed E-state index contributed by atoms with van der Waals surface area (Å²) in [6.07, 6.45) is 0.328. The molecule has 2 aromatic carbocycles. The molecular formula is C18H22N2O. The number of rotatable bonds is 6.